The fourth-order valence-electron chi connectivity index (χ4n) is 4.05. The Morgan fingerprint density at radius 2 is 1.77 bits per heavy atom. The highest BCUT2D eigenvalue weighted by molar-refractivity contribution is 5.98. The molecule has 1 N–H and O–H groups in total. The summed E-state index contributed by atoms with van der Waals surface area (Å²) in [6.07, 6.45) is 4.16. The number of nitrogens with zero attached hydrogens (tertiary/aromatic N) is 2. The molecule has 2 atom stereocenters. The lowest BCUT2D eigenvalue weighted by molar-refractivity contribution is -0.138. The molecule has 140 valence electrons. The van der Waals surface area contributed by atoms with Gasteiger partial charge in [-0.25, -0.2) is 0 Å². The highest BCUT2D eigenvalue weighted by atomic mass is 16.4. The lowest BCUT2D eigenvalue weighted by Gasteiger charge is -2.36. The fraction of sp³-hybridized carbons (Fsp3) is 0.550. The predicted molar refractivity (Wildman–Crippen MR) is 96.7 cm³/mol. The minimum Gasteiger partial charge on any atom is -0.481 e. The molecule has 2 heterocycles. The van der Waals surface area contributed by atoms with Gasteiger partial charge >= 0.3 is 5.97 Å². The molecule has 0 radical (unpaired) electrons. The van der Waals surface area contributed by atoms with Gasteiger partial charge in [0.25, 0.3) is 5.91 Å². The van der Waals surface area contributed by atoms with Crippen LogP contribution in [0.1, 0.15) is 48.9 Å². The highest BCUT2D eigenvalue weighted by Gasteiger charge is 2.38. The number of carbonyl (C=O) groups excluding carboxylic acids is 2. The third-order valence-electron chi connectivity index (χ3n) is 5.42. The number of amides is 2. The summed E-state index contributed by atoms with van der Waals surface area (Å²) in [6, 6.07) is 8.71. The number of likely N-dealkylation sites (tertiary alicyclic amines) is 2. The van der Waals surface area contributed by atoms with Crippen molar-refractivity contribution in [1.82, 2.24) is 9.80 Å². The second-order valence-corrected chi connectivity index (χ2v) is 7.25. The minimum atomic E-state index is -0.788. The van der Waals surface area contributed by atoms with Crippen LogP contribution in [-0.2, 0) is 9.59 Å². The first-order valence-electron chi connectivity index (χ1n) is 9.43. The van der Waals surface area contributed by atoms with E-state index in [1.807, 2.05) is 23.1 Å². The van der Waals surface area contributed by atoms with Crippen molar-refractivity contribution < 1.29 is 19.5 Å². The number of carbonyl (C=O) groups is 3. The minimum absolute atomic E-state index is 0.0202. The molecule has 3 rings (SSSR count). The quantitative estimate of drug-likeness (QED) is 0.877. The Morgan fingerprint density at radius 3 is 2.50 bits per heavy atom. The van der Waals surface area contributed by atoms with E-state index in [1.54, 1.807) is 17.0 Å². The van der Waals surface area contributed by atoms with Gasteiger partial charge in [0.1, 0.15) is 6.04 Å². The van der Waals surface area contributed by atoms with Crippen LogP contribution in [0.2, 0.25) is 0 Å². The van der Waals surface area contributed by atoms with Crippen LogP contribution >= 0.6 is 0 Å². The van der Waals surface area contributed by atoms with Gasteiger partial charge in [0.15, 0.2) is 0 Å². The Hall–Kier alpha value is -2.37. The number of carboxylic acids is 1. The molecule has 6 nitrogen and oxygen atoms in total. The Balaban J connectivity index is 1.64. The molecule has 2 aliphatic heterocycles. The first kappa shape index (κ1) is 18.4. The molecule has 26 heavy (non-hydrogen) atoms. The van der Waals surface area contributed by atoms with E-state index >= 15 is 0 Å². The van der Waals surface area contributed by atoms with Crippen molar-refractivity contribution in [1.29, 1.82) is 0 Å². The second-order valence-electron chi connectivity index (χ2n) is 7.25. The van der Waals surface area contributed by atoms with Crippen molar-refractivity contribution in [2.45, 2.75) is 44.6 Å². The zero-order valence-electron chi connectivity index (χ0n) is 15.0. The number of hydrogen-bond donors (Lipinski definition) is 1. The van der Waals surface area contributed by atoms with Gasteiger partial charge in [-0.2, -0.15) is 0 Å². The molecule has 0 aliphatic carbocycles. The lowest BCUT2D eigenvalue weighted by atomic mass is 9.93. The summed E-state index contributed by atoms with van der Waals surface area (Å²) < 4.78 is 0. The summed E-state index contributed by atoms with van der Waals surface area (Å²) >= 11 is 0. The average molecular weight is 358 g/mol. The van der Waals surface area contributed by atoms with Crippen molar-refractivity contribution in [3.63, 3.8) is 0 Å². The molecular formula is C20H26N2O4. The lowest BCUT2D eigenvalue weighted by Crippen LogP contribution is -2.50. The van der Waals surface area contributed by atoms with E-state index < -0.39 is 5.97 Å². The molecule has 0 aromatic heterocycles. The third kappa shape index (κ3) is 4.23. The van der Waals surface area contributed by atoms with Crippen LogP contribution in [-0.4, -0.2) is 58.4 Å². The van der Waals surface area contributed by atoms with E-state index in [1.165, 1.54) is 0 Å². The van der Waals surface area contributed by atoms with Gasteiger partial charge in [0, 0.05) is 31.6 Å². The number of piperidine rings is 1. The topological polar surface area (TPSA) is 77.9 Å². The molecule has 1 aromatic carbocycles. The van der Waals surface area contributed by atoms with Crippen LogP contribution in [0.25, 0.3) is 0 Å². The largest absolute Gasteiger partial charge is 0.481 e. The van der Waals surface area contributed by atoms with Crippen LogP contribution in [0.15, 0.2) is 30.3 Å². The highest BCUT2D eigenvalue weighted by Crippen LogP contribution is 2.26. The first-order chi connectivity index (χ1) is 12.6. The summed E-state index contributed by atoms with van der Waals surface area (Å²) in [5, 5.41) is 8.87. The zero-order chi connectivity index (χ0) is 18.5. The van der Waals surface area contributed by atoms with E-state index in [-0.39, 0.29) is 30.2 Å². The number of rotatable bonds is 5. The second kappa shape index (κ2) is 8.34. The van der Waals surface area contributed by atoms with Gasteiger partial charge in [-0.1, -0.05) is 18.2 Å². The Bertz CT molecular complexity index is 661. The molecule has 0 spiro atoms. The number of aliphatic carboxylic acids is 1. The third-order valence-corrected chi connectivity index (χ3v) is 5.42. The van der Waals surface area contributed by atoms with Crippen molar-refractivity contribution in [2.24, 2.45) is 5.92 Å². The molecule has 2 fully saturated rings. The van der Waals surface area contributed by atoms with Gasteiger partial charge < -0.3 is 14.9 Å². The maximum absolute atomic E-state index is 13.0. The van der Waals surface area contributed by atoms with E-state index in [0.717, 1.165) is 19.3 Å². The fourth-order valence-corrected chi connectivity index (χ4v) is 4.05. The van der Waals surface area contributed by atoms with Gasteiger partial charge in [-0.05, 0) is 50.2 Å². The Labute approximate surface area is 153 Å². The standard InChI is InChI=1S/C20H26N2O4/c23-18(24)11-10-15-6-4-12-21(14-15)20(26)17-9-5-13-22(17)19(25)16-7-2-1-3-8-16/h1-3,7-8,15,17H,4-6,9-14H2,(H,23,24). The van der Waals surface area contributed by atoms with Crippen LogP contribution in [0, 0.1) is 5.92 Å². The number of benzene rings is 1. The normalized spacial score (nSPS) is 23.1. The van der Waals surface area contributed by atoms with Crippen molar-refractivity contribution >= 4 is 17.8 Å². The van der Waals surface area contributed by atoms with Crippen LogP contribution in [0.4, 0.5) is 0 Å². The van der Waals surface area contributed by atoms with Crippen molar-refractivity contribution in [2.75, 3.05) is 19.6 Å². The average Bonchev–Trinajstić information content (AvgIpc) is 3.16. The predicted octanol–water partition coefficient (Wildman–Crippen LogP) is 2.39. The molecular weight excluding hydrogens is 332 g/mol. The molecule has 0 bridgehead atoms. The summed E-state index contributed by atoms with van der Waals surface area (Å²) in [5.41, 5.74) is 0.616. The Morgan fingerprint density at radius 1 is 1.04 bits per heavy atom. The monoisotopic (exact) mass is 358 g/mol. The number of hydrogen-bond acceptors (Lipinski definition) is 3. The maximum Gasteiger partial charge on any atom is 0.303 e. The van der Waals surface area contributed by atoms with E-state index in [9.17, 15) is 14.4 Å². The molecule has 2 aliphatic rings. The summed E-state index contributed by atoms with van der Waals surface area (Å²) in [6.45, 7) is 1.92. The molecule has 1 aromatic rings. The zero-order valence-corrected chi connectivity index (χ0v) is 15.0. The van der Waals surface area contributed by atoms with Crippen LogP contribution in [0.5, 0.6) is 0 Å². The summed E-state index contributed by atoms with van der Waals surface area (Å²) in [5.74, 6) is -0.611. The molecule has 2 unspecified atom stereocenters. The molecule has 0 saturated carbocycles. The first-order valence-corrected chi connectivity index (χ1v) is 9.43. The smallest absolute Gasteiger partial charge is 0.303 e. The molecule has 2 saturated heterocycles. The summed E-state index contributed by atoms with van der Waals surface area (Å²) in [4.78, 5) is 40.2. The van der Waals surface area contributed by atoms with Gasteiger partial charge in [0.2, 0.25) is 5.91 Å². The van der Waals surface area contributed by atoms with Crippen molar-refractivity contribution in [3.8, 4) is 0 Å². The summed E-state index contributed by atoms with van der Waals surface area (Å²) in [7, 11) is 0. The van der Waals surface area contributed by atoms with E-state index in [4.69, 9.17) is 5.11 Å². The van der Waals surface area contributed by atoms with Gasteiger partial charge in [-0.15, -0.1) is 0 Å². The van der Waals surface area contributed by atoms with Crippen LogP contribution in [0.3, 0.4) is 0 Å². The number of carboxylic acid groups (broad SMARTS) is 1. The van der Waals surface area contributed by atoms with Gasteiger partial charge in [-0.3, -0.25) is 14.4 Å². The molecule has 2 amide bonds. The SMILES string of the molecule is O=C(O)CCC1CCCN(C(=O)C2CCCN2C(=O)c2ccccc2)C1. The van der Waals surface area contributed by atoms with E-state index in [2.05, 4.69) is 0 Å². The van der Waals surface area contributed by atoms with Crippen molar-refractivity contribution in [3.05, 3.63) is 35.9 Å². The molecule has 6 heteroatoms. The maximum atomic E-state index is 13.0. The van der Waals surface area contributed by atoms with E-state index in [0.29, 0.717) is 38.0 Å². The van der Waals surface area contributed by atoms with Gasteiger partial charge in [0.05, 0.1) is 0 Å². The van der Waals surface area contributed by atoms with Crippen LogP contribution < -0.4 is 0 Å². The Kier molecular flexibility index (Phi) is 5.91.